The lowest BCUT2D eigenvalue weighted by atomic mass is 10.1. The van der Waals surface area contributed by atoms with E-state index in [0.717, 1.165) is 25.3 Å². The van der Waals surface area contributed by atoms with Crippen LogP contribution in [-0.4, -0.2) is 42.4 Å². The second-order valence-corrected chi connectivity index (χ2v) is 7.84. The first-order chi connectivity index (χ1) is 14.1. The van der Waals surface area contributed by atoms with Gasteiger partial charge in [0.2, 0.25) is 11.8 Å². The van der Waals surface area contributed by atoms with Gasteiger partial charge in [-0.25, -0.2) is 0 Å². The van der Waals surface area contributed by atoms with Crippen molar-refractivity contribution < 1.29 is 9.59 Å². The number of nitrogens with one attached hydrogen (secondary N) is 2. The van der Waals surface area contributed by atoms with Crippen LogP contribution in [0.15, 0.2) is 48.5 Å². The smallest absolute Gasteiger partial charge is 0.244 e. The molecule has 2 amide bonds. The Morgan fingerprint density at radius 2 is 1.76 bits per heavy atom. The summed E-state index contributed by atoms with van der Waals surface area (Å²) in [5, 5.41) is 6.19. The molecule has 2 N–H and O–H groups in total. The fraction of sp³-hybridized carbons (Fsp3) is 0.391. The predicted octanol–water partition coefficient (Wildman–Crippen LogP) is 2.75. The Balaban J connectivity index is 1.42. The lowest BCUT2D eigenvalue weighted by Gasteiger charge is -2.31. The number of nitrogens with zero attached hydrogens (tertiary/aromatic N) is 2. The number of para-hydroxylation sites is 2. The molecule has 0 aliphatic carbocycles. The number of amides is 2. The molecule has 0 radical (unpaired) electrons. The van der Waals surface area contributed by atoms with E-state index in [1.807, 2.05) is 37.3 Å². The number of rotatable bonds is 6. The Morgan fingerprint density at radius 3 is 2.55 bits per heavy atom. The van der Waals surface area contributed by atoms with Gasteiger partial charge >= 0.3 is 0 Å². The summed E-state index contributed by atoms with van der Waals surface area (Å²) in [5.74, 6) is -0.260. The van der Waals surface area contributed by atoms with E-state index < -0.39 is 6.04 Å². The fourth-order valence-corrected chi connectivity index (χ4v) is 4.08. The van der Waals surface area contributed by atoms with E-state index >= 15 is 0 Å². The molecule has 0 unspecified atom stereocenters. The van der Waals surface area contributed by atoms with Crippen molar-refractivity contribution in [1.82, 2.24) is 10.2 Å². The van der Waals surface area contributed by atoms with Gasteiger partial charge in [-0.1, -0.05) is 36.4 Å². The number of hydrogen-bond donors (Lipinski definition) is 2. The number of likely N-dealkylation sites (tertiary alicyclic amines) is 1. The monoisotopic (exact) mass is 392 g/mol. The number of hydrogen-bond acceptors (Lipinski definition) is 4. The van der Waals surface area contributed by atoms with E-state index in [9.17, 15) is 9.59 Å². The summed E-state index contributed by atoms with van der Waals surface area (Å²) in [5.41, 5.74) is 3.96. The molecule has 29 heavy (non-hydrogen) atoms. The molecule has 0 bridgehead atoms. The number of carbonyl (C=O) groups excluding carboxylic acids is 2. The Labute approximate surface area is 171 Å². The quantitative estimate of drug-likeness (QED) is 0.793. The maximum atomic E-state index is 13.1. The van der Waals surface area contributed by atoms with Crippen molar-refractivity contribution >= 4 is 23.2 Å². The highest BCUT2D eigenvalue weighted by molar-refractivity contribution is 6.11. The standard InChI is InChI=1S/C23H28N4O2/c1-17(23(29)27-16-22(28)25-20-10-4-5-11-21(20)27)24-14-18-8-2-3-9-19(18)15-26-12-6-7-13-26/h2-5,8-11,17,24H,6-7,12-16H2,1H3,(H,25,28)/t17-/m0/s1. The first kappa shape index (κ1) is 19.6. The third-order valence-electron chi connectivity index (χ3n) is 5.72. The van der Waals surface area contributed by atoms with Crippen LogP contribution in [-0.2, 0) is 22.7 Å². The van der Waals surface area contributed by atoms with E-state index in [1.165, 1.54) is 24.0 Å². The second kappa shape index (κ2) is 8.76. The van der Waals surface area contributed by atoms with Crippen LogP contribution in [0.25, 0.3) is 0 Å². The average Bonchev–Trinajstić information content (AvgIpc) is 3.25. The van der Waals surface area contributed by atoms with Gasteiger partial charge in [0.15, 0.2) is 0 Å². The Hall–Kier alpha value is -2.70. The SMILES string of the molecule is C[C@H](NCc1ccccc1CN1CCCC1)C(=O)N1CC(=O)Nc2ccccc21. The van der Waals surface area contributed by atoms with Crippen LogP contribution in [0, 0.1) is 0 Å². The highest BCUT2D eigenvalue weighted by Gasteiger charge is 2.29. The van der Waals surface area contributed by atoms with Crippen LogP contribution >= 0.6 is 0 Å². The molecule has 2 aliphatic rings. The number of benzene rings is 2. The van der Waals surface area contributed by atoms with Crippen molar-refractivity contribution in [3.8, 4) is 0 Å². The zero-order valence-electron chi connectivity index (χ0n) is 16.9. The normalized spacial score (nSPS) is 17.7. The van der Waals surface area contributed by atoms with Crippen molar-refractivity contribution in [2.24, 2.45) is 0 Å². The summed E-state index contributed by atoms with van der Waals surface area (Å²) in [7, 11) is 0. The summed E-state index contributed by atoms with van der Waals surface area (Å²) in [4.78, 5) is 29.1. The van der Waals surface area contributed by atoms with Gasteiger partial charge in [0.25, 0.3) is 0 Å². The van der Waals surface area contributed by atoms with E-state index in [0.29, 0.717) is 12.2 Å². The minimum atomic E-state index is -0.395. The molecule has 152 valence electrons. The van der Waals surface area contributed by atoms with Crippen molar-refractivity contribution in [3.63, 3.8) is 0 Å². The third kappa shape index (κ3) is 4.49. The Morgan fingerprint density at radius 1 is 1.07 bits per heavy atom. The van der Waals surface area contributed by atoms with Crippen molar-refractivity contribution in [3.05, 3.63) is 59.7 Å². The van der Waals surface area contributed by atoms with Crippen LogP contribution in [0.1, 0.15) is 30.9 Å². The van der Waals surface area contributed by atoms with E-state index in [2.05, 4.69) is 33.7 Å². The first-order valence-corrected chi connectivity index (χ1v) is 10.3. The Kier molecular flexibility index (Phi) is 5.92. The topological polar surface area (TPSA) is 64.7 Å². The summed E-state index contributed by atoms with van der Waals surface area (Å²) in [6.45, 7) is 5.81. The number of carbonyl (C=O) groups is 2. The van der Waals surface area contributed by atoms with Crippen LogP contribution in [0.5, 0.6) is 0 Å². The van der Waals surface area contributed by atoms with E-state index in [4.69, 9.17) is 0 Å². The van der Waals surface area contributed by atoms with Gasteiger partial charge in [0.05, 0.1) is 17.4 Å². The maximum absolute atomic E-state index is 13.1. The fourth-order valence-electron chi connectivity index (χ4n) is 4.08. The van der Waals surface area contributed by atoms with Crippen LogP contribution < -0.4 is 15.5 Å². The molecular weight excluding hydrogens is 364 g/mol. The van der Waals surface area contributed by atoms with Gasteiger partial charge in [0, 0.05) is 13.1 Å². The maximum Gasteiger partial charge on any atom is 0.244 e. The summed E-state index contributed by atoms with van der Waals surface area (Å²) in [6.07, 6.45) is 2.55. The average molecular weight is 393 g/mol. The van der Waals surface area contributed by atoms with E-state index in [1.54, 1.807) is 4.90 Å². The third-order valence-corrected chi connectivity index (χ3v) is 5.72. The van der Waals surface area contributed by atoms with Gasteiger partial charge in [-0.05, 0) is 56.1 Å². The molecule has 0 saturated carbocycles. The van der Waals surface area contributed by atoms with Gasteiger partial charge in [-0.15, -0.1) is 0 Å². The lowest BCUT2D eigenvalue weighted by Crippen LogP contribution is -2.49. The van der Waals surface area contributed by atoms with Crippen LogP contribution in [0.3, 0.4) is 0 Å². The molecule has 4 rings (SSSR count). The molecule has 6 heteroatoms. The Bertz CT molecular complexity index is 892. The largest absolute Gasteiger partial charge is 0.323 e. The second-order valence-electron chi connectivity index (χ2n) is 7.84. The van der Waals surface area contributed by atoms with Gasteiger partial charge in [-0.3, -0.25) is 19.4 Å². The molecule has 1 fully saturated rings. The van der Waals surface area contributed by atoms with E-state index in [-0.39, 0.29) is 18.4 Å². The van der Waals surface area contributed by atoms with Gasteiger partial charge < -0.3 is 10.6 Å². The highest BCUT2D eigenvalue weighted by atomic mass is 16.2. The molecule has 1 atom stereocenters. The predicted molar refractivity (Wildman–Crippen MR) is 115 cm³/mol. The van der Waals surface area contributed by atoms with Gasteiger partial charge in [-0.2, -0.15) is 0 Å². The molecule has 2 aromatic carbocycles. The van der Waals surface area contributed by atoms with Crippen molar-refractivity contribution in [2.75, 3.05) is 29.9 Å². The molecular formula is C23H28N4O2. The first-order valence-electron chi connectivity index (χ1n) is 10.3. The highest BCUT2D eigenvalue weighted by Crippen LogP contribution is 2.29. The number of fused-ring (bicyclic) bond motifs is 1. The van der Waals surface area contributed by atoms with Crippen LogP contribution in [0.4, 0.5) is 11.4 Å². The minimum Gasteiger partial charge on any atom is -0.323 e. The molecule has 1 saturated heterocycles. The molecule has 6 nitrogen and oxygen atoms in total. The summed E-state index contributed by atoms with van der Waals surface area (Å²) < 4.78 is 0. The lowest BCUT2D eigenvalue weighted by molar-refractivity contribution is -0.123. The summed E-state index contributed by atoms with van der Waals surface area (Å²) in [6, 6.07) is 15.4. The molecule has 2 heterocycles. The summed E-state index contributed by atoms with van der Waals surface area (Å²) >= 11 is 0. The van der Waals surface area contributed by atoms with Crippen molar-refractivity contribution in [2.45, 2.75) is 38.9 Å². The van der Waals surface area contributed by atoms with Crippen molar-refractivity contribution in [1.29, 1.82) is 0 Å². The molecule has 0 aromatic heterocycles. The molecule has 0 spiro atoms. The molecule has 2 aromatic rings. The minimum absolute atomic E-state index is 0.0490. The zero-order valence-corrected chi connectivity index (χ0v) is 16.9. The van der Waals surface area contributed by atoms with Gasteiger partial charge in [0.1, 0.15) is 6.54 Å². The zero-order chi connectivity index (χ0) is 20.2. The molecule has 2 aliphatic heterocycles. The van der Waals surface area contributed by atoms with Crippen LogP contribution in [0.2, 0.25) is 0 Å². The number of anilines is 2.